The molecule has 0 spiro atoms. The van der Waals surface area contributed by atoms with Gasteiger partial charge in [-0.1, -0.05) is 35.5 Å². The summed E-state index contributed by atoms with van der Waals surface area (Å²) < 4.78 is 2.07. The lowest BCUT2D eigenvalue weighted by atomic mass is 10.0. The average molecular weight is 437 g/mol. The number of phenols is 1. The number of benzene rings is 3. The predicted octanol–water partition coefficient (Wildman–Crippen LogP) is 4.90. The number of aryl methyl sites for hydroxylation is 1. The lowest BCUT2D eigenvalue weighted by Gasteiger charge is -2.33. The minimum atomic E-state index is 0.187. The third kappa shape index (κ3) is 3.46. The van der Waals surface area contributed by atoms with Crippen LogP contribution >= 0.6 is 0 Å². The van der Waals surface area contributed by atoms with Crippen LogP contribution in [0.15, 0.2) is 66.7 Å². The Bertz CT molecular complexity index is 1470. The Balaban J connectivity index is 1.36. The zero-order valence-electron chi connectivity index (χ0n) is 18.4. The minimum absolute atomic E-state index is 0.187. The lowest BCUT2D eigenvalue weighted by molar-refractivity contribution is 0.368. The number of anilines is 1. The zero-order chi connectivity index (χ0) is 22.4. The molecular weight excluding hydrogens is 412 g/mol. The minimum Gasteiger partial charge on any atom is -0.507 e. The van der Waals surface area contributed by atoms with Gasteiger partial charge < -0.3 is 10.0 Å². The first kappa shape index (κ1) is 19.7. The standard InChI is InChI=1S/C26H24N6O/c1-17-10-11-19-22(16-17)27-25(20-6-2-5-9-24(20)33)28-26(19)31-14-12-18(13-15-31)32-23-8-4-3-7-21(23)29-30-32/h2-11,16,18,33H,12-15H2,1H3. The molecule has 1 saturated heterocycles. The number of fused-ring (bicyclic) bond motifs is 2. The number of rotatable bonds is 3. The van der Waals surface area contributed by atoms with E-state index in [0.29, 0.717) is 17.4 Å². The summed E-state index contributed by atoms with van der Waals surface area (Å²) >= 11 is 0. The third-order valence-corrected chi connectivity index (χ3v) is 6.46. The van der Waals surface area contributed by atoms with Crippen LogP contribution in [0.1, 0.15) is 24.4 Å². The molecule has 1 fully saturated rings. The lowest BCUT2D eigenvalue weighted by Crippen LogP contribution is -2.35. The van der Waals surface area contributed by atoms with Crippen molar-refractivity contribution in [2.75, 3.05) is 18.0 Å². The molecule has 0 radical (unpaired) electrons. The molecule has 0 saturated carbocycles. The fourth-order valence-electron chi connectivity index (χ4n) is 4.73. The van der Waals surface area contributed by atoms with Gasteiger partial charge in [0.2, 0.25) is 0 Å². The van der Waals surface area contributed by atoms with E-state index in [0.717, 1.165) is 59.2 Å². The van der Waals surface area contributed by atoms with Crippen LogP contribution in [0.25, 0.3) is 33.3 Å². The van der Waals surface area contributed by atoms with E-state index in [-0.39, 0.29) is 5.75 Å². The van der Waals surface area contributed by atoms with Crippen molar-refractivity contribution >= 4 is 27.8 Å². The fraction of sp³-hybridized carbons (Fsp3) is 0.231. The molecule has 7 heteroatoms. The van der Waals surface area contributed by atoms with Crippen molar-refractivity contribution in [3.05, 3.63) is 72.3 Å². The summed E-state index contributed by atoms with van der Waals surface area (Å²) in [4.78, 5) is 12.1. The van der Waals surface area contributed by atoms with Gasteiger partial charge in [0.15, 0.2) is 5.82 Å². The van der Waals surface area contributed by atoms with Crippen molar-refractivity contribution in [2.45, 2.75) is 25.8 Å². The number of hydrogen-bond donors (Lipinski definition) is 1. The Morgan fingerprint density at radius 1 is 0.879 bits per heavy atom. The molecule has 0 unspecified atom stereocenters. The number of aromatic hydroxyl groups is 1. The Hall–Kier alpha value is -4.00. The first-order valence-electron chi connectivity index (χ1n) is 11.3. The van der Waals surface area contributed by atoms with E-state index in [4.69, 9.17) is 9.97 Å². The first-order chi connectivity index (χ1) is 16.2. The van der Waals surface area contributed by atoms with Crippen LogP contribution in [0.3, 0.4) is 0 Å². The van der Waals surface area contributed by atoms with Crippen molar-refractivity contribution in [1.29, 1.82) is 0 Å². The van der Waals surface area contributed by atoms with E-state index >= 15 is 0 Å². The molecule has 6 rings (SSSR count). The number of hydrogen-bond acceptors (Lipinski definition) is 6. The van der Waals surface area contributed by atoms with Crippen LogP contribution < -0.4 is 4.90 Å². The van der Waals surface area contributed by atoms with Crippen LogP contribution in [-0.4, -0.2) is 43.2 Å². The third-order valence-electron chi connectivity index (χ3n) is 6.46. The summed E-state index contributed by atoms with van der Waals surface area (Å²) in [6, 6.07) is 21.9. The van der Waals surface area contributed by atoms with Gasteiger partial charge in [-0.15, -0.1) is 5.10 Å². The molecule has 33 heavy (non-hydrogen) atoms. The molecule has 1 N–H and O–H groups in total. The SMILES string of the molecule is Cc1ccc2c(N3CCC(n4nnc5ccccc54)CC3)nc(-c3ccccc3O)nc2c1. The van der Waals surface area contributed by atoms with Gasteiger partial charge in [-0.2, -0.15) is 0 Å². The summed E-state index contributed by atoms with van der Waals surface area (Å²) in [6.45, 7) is 3.78. The van der Waals surface area contributed by atoms with Crippen molar-refractivity contribution in [2.24, 2.45) is 0 Å². The molecule has 3 aromatic carbocycles. The van der Waals surface area contributed by atoms with E-state index in [1.807, 2.05) is 36.4 Å². The highest BCUT2D eigenvalue weighted by molar-refractivity contribution is 5.92. The Labute approximate surface area is 191 Å². The van der Waals surface area contributed by atoms with Crippen molar-refractivity contribution in [1.82, 2.24) is 25.0 Å². The van der Waals surface area contributed by atoms with Gasteiger partial charge in [0.05, 0.1) is 22.6 Å². The van der Waals surface area contributed by atoms with Gasteiger partial charge in [0.1, 0.15) is 17.1 Å². The second-order valence-corrected chi connectivity index (χ2v) is 8.65. The molecule has 0 bridgehead atoms. The molecule has 0 atom stereocenters. The maximum atomic E-state index is 10.4. The highest BCUT2D eigenvalue weighted by atomic mass is 16.3. The molecule has 0 amide bonds. The molecule has 7 nitrogen and oxygen atoms in total. The van der Waals surface area contributed by atoms with Crippen LogP contribution in [0.4, 0.5) is 5.82 Å². The quantitative estimate of drug-likeness (QED) is 0.433. The predicted molar refractivity (Wildman–Crippen MR) is 129 cm³/mol. The first-order valence-corrected chi connectivity index (χ1v) is 11.3. The van der Waals surface area contributed by atoms with Gasteiger partial charge >= 0.3 is 0 Å². The molecule has 1 aliphatic rings. The van der Waals surface area contributed by atoms with Crippen molar-refractivity contribution in [3.63, 3.8) is 0 Å². The smallest absolute Gasteiger partial charge is 0.165 e. The number of piperidine rings is 1. The Morgan fingerprint density at radius 3 is 2.52 bits per heavy atom. The number of nitrogens with zero attached hydrogens (tertiary/aromatic N) is 6. The van der Waals surface area contributed by atoms with Gasteiger partial charge in [-0.3, -0.25) is 0 Å². The van der Waals surface area contributed by atoms with Gasteiger partial charge in [0.25, 0.3) is 0 Å². The summed E-state index contributed by atoms with van der Waals surface area (Å²) in [5.41, 5.74) is 4.70. The average Bonchev–Trinajstić information content (AvgIpc) is 3.28. The van der Waals surface area contributed by atoms with Gasteiger partial charge in [0, 0.05) is 18.5 Å². The summed E-state index contributed by atoms with van der Waals surface area (Å²) in [6.07, 6.45) is 1.91. The second kappa shape index (κ2) is 7.85. The molecule has 3 heterocycles. The molecular formula is C26H24N6O. The Morgan fingerprint density at radius 2 is 1.67 bits per heavy atom. The molecule has 1 aliphatic heterocycles. The van der Waals surface area contributed by atoms with E-state index in [1.165, 1.54) is 0 Å². The zero-order valence-corrected chi connectivity index (χ0v) is 18.4. The van der Waals surface area contributed by atoms with Gasteiger partial charge in [-0.25, -0.2) is 14.6 Å². The highest BCUT2D eigenvalue weighted by Gasteiger charge is 2.25. The molecule has 2 aromatic heterocycles. The molecule has 5 aromatic rings. The number of aromatic nitrogens is 5. The van der Waals surface area contributed by atoms with E-state index in [1.54, 1.807) is 6.07 Å². The normalized spacial score (nSPS) is 14.9. The van der Waals surface area contributed by atoms with Gasteiger partial charge in [-0.05, 0) is 61.7 Å². The van der Waals surface area contributed by atoms with E-state index in [2.05, 4.69) is 51.1 Å². The van der Waals surface area contributed by atoms with Crippen molar-refractivity contribution in [3.8, 4) is 17.1 Å². The van der Waals surface area contributed by atoms with Crippen LogP contribution in [0, 0.1) is 6.92 Å². The molecule has 164 valence electrons. The number of para-hydroxylation sites is 2. The van der Waals surface area contributed by atoms with E-state index in [9.17, 15) is 5.11 Å². The maximum Gasteiger partial charge on any atom is 0.165 e. The largest absolute Gasteiger partial charge is 0.507 e. The topological polar surface area (TPSA) is 80.0 Å². The second-order valence-electron chi connectivity index (χ2n) is 8.65. The van der Waals surface area contributed by atoms with Crippen molar-refractivity contribution < 1.29 is 5.11 Å². The maximum absolute atomic E-state index is 10.4. The summed E-state index contributed by atoms with van der Waals surface area (Å²) in [5, 5.41) is 20.2. The van der Waals surface area contributed by atoms with Crippen LogP contribution in [0.2, 0.25) is 0 Å². The summed E-state index contributed by atoms with van der Waals surface area (Å²) in [5.74, 6) is 1.65. The molecule has 0 aliphatic carbocycles. The monoisotopic (exact) mass is 436 g/mol. The summed E-state index contributed by atoms with van der Waals surface area (Å²) in [7, 11) is 0. The van der Waals surface area contributed by atoms with Crippen LogP contribution in [0.5, 0.6) is 5.75 Å². The van der Waals surface area contributed by atoms with Crippen LogP contribution in [-0.2, 0) is 0 Å². The Kier molecular flexibility index (Phi) is 4.68. The van der Waals surface area contributed by atoms with E-state index < -0.39 is 0 Å². The number of phenolic OH excluding ortho intramolecular Hbond substituents is 1. The highest BCUT2D eigenvalue weighted by Crippen LogP contribution is 2.34. The fourth-order valence-corrected chi connectivity index (χ4v) is 4.73.